The Labute approximate surface area is 174 Å². The standard InChI is InChI=1S/C21H18Br2FNO2/c1-26-20-11-15(12-25-18-8-4-16(22)5-9-18)10-19(23)21(20)27-13-14-2-6-17(24)7-3-14/h2-11,25H,12-13H2,1H3. The van der Waals surface area contributed by atoms with E-state index >= 15 is 0 Å². The predicted molar refractivity (Wildman–Crippen MR) is 113 cm³/mol. The largest absolute Gasteiger partial charge is 0.493 e. The summed E-state index contributed by atoms with van der Waals surface area (Å²) in [5.41, 5.74) is 2.96. The minimum Gasteiger partial charge on any atom is -0.493 e. The van der Waals surface area contributed by atoms with Crippen molar-refractivity contribution in [2.45, 2.75) is 13.2 Å². The third-order valence-electron chi connectivity index (χ3n) is 3.93. The molecular formula is C21H18Br2FNO2. The van der Waals surface area contributed by atoms with E-state index in [1.807, 2.05) is 36.4 Å². The Kier molecular flexibility index (Phi) is 6.74. The van der Waals surface area contributed by atoms with Crippen molar-refractivity contribution in [2.75, 3.05) is 12.4 Å². The van der Waals surface area contributed by atoms with Gasteiger partial charge in [0.25, 0.3) is 0 Å². The second kappa shape index (κ2) is 9.24. The van der Waals surface area contributed by atoms with E-state index in [4.69, 9.17) is 9.47 Å². The minimum absolute atomic E-state index is 0.264. The van der Waals surface area contributed by atoms with Crippen LogP contribution in [0.15, 0.2) is 69.6 Å². The monoisotopic (exact) mass is 493 g/mol. The summed E-state index contributed by atoms with van der Waals surface area (Å²) in [4.78, 5) is 0. The number of nitrogens with one attached hydrogen (secondary N) is 1. The molecule has 0 radical (unpaired) electrons. The van der Waals surface area contributed by atoms with Crippen molar-refractivity contribution in [3.8, 4) is 11.5 Å². The normalized spacial score (nSPS) is 10.5. The van der Waals surface area contributed by atoms with Gasteiger partial charge in [-0.15, -0.1) is 0 Å². The Morgan fingerprint density at radius 3 is 2.30 bits per heavy atom. The van der Waals surface area contributed by atoms with E-state index in [1.54, 1.807) is 19.2 Å². The van der Waals surface area contributed by atoms with E-state index in [0.717, 1.165) is 25.8 Å². The van der Waals surface area contributed by atoms with Crippen LogP contribution in [0.25, 0.3) is 0 Å². The lowest BCUT2D eigenvalue weighted by molar-refractivity contribution is 0.282. The highest BCUT2D eigenvalue weighted by atomic mass is 79.9. The molecular weight excluding hydrogens is 477 g/mol. The molecule has 3 rings (SSSR count). The molecule has 6 heteroatoms. The summed E-state index contributed by atoms with van der Waals surface area (Å²) < 4.78 is 26.2. The van der Waals surface area contributed by atoms with E-state index in [1.165, 1.54) is 12.1 Å². The van der Waals surface area contributed by atoms with Gasteiger partial charge < -0.3 is 14.8 Å². The van der Waals surface area contributed by atoms with Crippen molar-refractivity contribution >= 4 is 37.5 Å². The lowest BCUT2D eigenvalue weighted by atomic mass is 10.2. The molecule has 0 unspecified atom stereocenters. The number of anilines is 1. The average molecular weight is 495 g/mol. The molecule has 0 spiro atoms. The second-order valence-electron chi connectivity index (χ2n) is 5.88. The molecule has 140 valence electrons. The molecule has 0 aliphatic carbocycles. The summed E-state index contributed by atoms with van der Waals surface area (Å²) >= 11 is 6.99. The molecule has 0 atom stereocenters. The summed E-state index contributed by atoms with van der Waals surface area (Å²) in [6, 6.07) is 18.2. The number of rotatable bonds is 7. The zero-order valence-electron chi connectivity index (χ0n) is 14.6. The van der Waals surface area contributed by atoms with Gasteiger partial charge in [-0.05, 0) is 75.6 Å². The van der Waals surface area contributed by atoms with Crippen LogP contribution in [0, 0.1) is 5.82 Å². The maximum Gasteiger partial charge on any atom is 0.175 e. The molecule has 0 saturated heterocycles. The van der Waals surface area contributed by atoms with Gasteiger partial charge in [0.15, 0.2) is 11.5 Å². The highest BCUT2D eigenvalue weighted by Crippen LogP contribution is 2.37. The fourth-order valence-corrected chi connectivity index (χ4v) is 3.39. The van der Waals surface area contributed by atoms with Gasteiger partial charge in [-0.1, -0.05) is 28.1 Å². The highest BCUT2D eigenvalue weighted by molar-refractivity contribution is 9.10. The maximum absolute atomic E-state index is 13.0. The Balaban J connectivity index is 1.70. The highest BCUT2D eigenvalue weighted by Gasteiger charge is 2.12. The summed E-state index contributed by atoms with van der Waals surface area (Å²) in [6.07, 6.45) is 0. The molecule has 3 aromatic rings. The Morgan fingerprint density at radius 1 is 0.926 bits per heavy atom. The quantitative estimate of drug-likeness (QED) is 0.404. The number of halogens is 3. The average Bonchev–Trinajstić information content (AvgIpc) is 2.67. The number of benzene rings is 3. The SMILES string of the molecule is COc1cc(CNc2ccc(Br)cc2)cc(Br)c1OCc1ccc(F)cc1. The predicted octanol–water partition coefficient (Wildman–Crippen LogP) is 6.55. The summed E-state index contributed by atoms with van der Waals surface area (Å²) in [5.74, 6) is 0.994. The molecule has 1 N–H and O–H groups in total. The van der Waals surface area contributed by atoms with Crippen LogP contribution in [-0.2, 0) is 13.2 Å². The van der Waals surface area contributed by atoms with Gasteiger partial charge in [0, 0.05) is 16.7 Å². The Hall–Kier alpha value is -2.05. The molecule has 0 saturated carbocycles. The zero-order chi connectivity index (χ0) is 19.2. The molecule has 27 heavy (non-hydrogen) atoms. The molecule has 0 aromatic heterocycles. The molecule has 0 aliphatic heterocycles. The van der Waals surface area contributed by atoms with E-state index in [-0.39, 0.29) is 5.82 Å². The van der Waals surface area contributed by atoms with Crippen molar-refractivity contribution in [1.82, 2.24) is 0 Å². The van der Waals surface area contributed by atoms with Gasteiger partial charge in [-0.25, -0.2) is 4.39 Å². The van der Waals surface area contributed by atoms with Crippen LogP contribution in [0.3, 0.4) is 0 Å². The van der Waals surface area contributed by atoms with E-state index < -0.39 is 0 Å². The van der Waals surface area contributed by atoms with Crippen LogP contribution in [0.4, 0.5) is 10.1 Å². The van der Waals surface area contributed by atoms with Crippen molar-refractivity contribution < 1.29 is 13.9 Å². The lowest BCUT2D eigenvalue weighted by Gasteiger charge is -2.15. The number of hydrogen-bond donors (Lipinski definition) is 1. The zero-order valence-corrected chi connectivity index (χ0v) is 17.8. The van der Waals surface area contributed by atoms with Crippen molar-refractivity contribution in [3.05, 3.63) is 86.6 Å². The molecule has 0 fully saturated rings. The molecule has 0 heterocycles. The topological polar surface area (TPSA) is 30.5 Å². The summed E-state index contributed by atoms with van der Waals surface area (Å²) in [6.45, 7) is 0.973. The van der Waals surface area contributed by atoms with E-state index in [0.29, 0.717) is 24.7 Å². The minimum atomic E-state index is -0.264. The molecule has 0 bridgehead atoms. The first kappa shape index (κ1) is 19.7. The van der Waals surface area contributed by atoms with Gasteiger partial charge in [0.1, 0.15) is 12.4 Å². The fraction of sp³-hybridized carbons (Fsp3) is 0.143. The van der Waals surface area contributed by atoms with Crippen LogP contribution >= 0.6 is 31.9 Å². The first-order valence-corrected chi connectivity index (χ1v) is 9.87. The van der Waals surface area contributed by atoms with Gasteiger partial charge in [0.05, 0.1) is 11.6 Å². The van der Waals surface area contributed by atoms with E-state index in [2.05, 4.69) is 37.2 Å². The number of ether oxygens (including phenoxy) is 2. The van der Waals surface area contributed by atoms with Crippen molar-refractivity contribution in [2.24, 2.45) is 0 Å². The van der Waals surface area contributed by atoms with Crippen molar-refractivity contribution in [1.29, 1.82) is 0 Å². The van der Waals surface area contributed by atoms with Gasteiger partial charge in [-0.2, -0.15) is 0 Å². The fourth-order valence-electron chi connectivity index (χ4n) is 2.52. The summed E-state index contributed by atoms with van der Waals surface area (Å²) in [5, 5.41) is 3.38. The molecule has 0 aliphatic rings. The van der Waals surface area contributed by atoms with Gasteiger partial charge in [0.2, 0.25) is 0 Å². The van der Waals surface area contributed by atoms with Crippen LogP contribution in [0.1, 0.15) is 11.1 Å². The number of methoxy groups -OCH3 is 1. The molecule has 0 amide bonds. The third-order valence-corrected chi connectivity index (χ3v) is 5.04. The third kappa shape index (κ3) is 5.47. The van der Waals surface area contributed by atoms with Crippen LogP contribution in [0.2, 0.25) is 0 Å². The van der Waals surface area contributed by atoms with Crippen molar-refractivity contribution in [3.63, 3.8) is 0 Å². The molecule has 3 aromatic carbocycles. The van der Waals surface area contributed by atoms with Crippen LogP contribution < -0.4 is 14.8 Å². The first-order valence-electron chi connectivity index (χ1n) is 8.28. The lowest BCUT2D eigenvalue weighted by Crippen LogP contribution is -2.03. The van der Waals surface area contributed by atoms with Crippen LogP contribution in [0.5, 0.6) is 11.5 Å². The maximum atomic E-state index is 13.0. The number of hydrogen-bond acceptors (Lipinski definition) is 3. The smallest absolute Gasteiger partial charge is 0.175 e. The van der Waals surface area contributed by atoms with Crippen LogP contribution in [-0.4, -0.2) is 7.11 Å². The van der Waals surface area contributed by atoms with E-state index in [9.17, 15) is 4.39 Å². The van der Waals surface area contributed by atoms with Gasteiger partial charge >= 0.3 is 0 Å². The molecule has 3 nitrogen and oxygen atoms in total. The van der Waals surface area contributed by atoms with Gasteiger partial charge in [-0.3, -0.25) is 0 Å². The first-order chi connectivity index (χ1) is 13.0. The Morgan fingerprint density at radius 2 is 1.63 bits per heavy atom. The second-order valence-corrected chi connectivity index (χ2v) is 7.65. The summed E-state index contributed by atoms with van der Waals surface area (Å²) in [7, 11) is 1.61. The Bertz CT molecular complexity index is 899.